The zero-order valence-corrected chi connectivity index (χ0v) is 11.8. The number of urea groups is 1. The maximum Gasteiger partial charge on any atom is 0.314 e. The second-order valence-electron chi connectivity index (χ2n) is 5.08. The summed E-state index contributed by atoms with van der Waals surface area (Å²) in [5, 5.41) is 6.89. The van der Waals surface area contributed by atoms with Crippen LogP contribution in [0.3, 0.4) is 0 Å². The number of aromatic nitrogens is 1. The van der Waals surface area contributed by atoms with Crippen molar-refractivity contribution in [1.29, 1.82) is 0 Å². The van der Waals surface area contributed by atoms with Gasteiger partial charge >= 0.3 is 6.03 Å². The zero-order valence-electron chi connectivity index (χ0n) is 11.0. The number of carbonyl (C=O) groups excluding carboxylic acids is 1. The first-order valence-corrected chi connectivity index (χ1v) is 7.41. The summed E-state index contributed by atoms with van der Waals surface area (Å²) in [7, 11) is 0. The lowest BCUT2D eigenvalue weighted by Gasteiger charge is -2.11. The van der Waals surface area contributed by atoms with Crippen LogP contribution >= 0.6 is 11.3 Å². The number of nitrogens with one attached hydrogen (secondary N) is 2. The molecule has 0 spiro atoms. The minimum Gasteiger partial charge on any atom is -0.338 e. The van der Waals surface area contributed by atoms with Gasteiger partial charge in [0.2, 0.25) is 0 Å². The van der Waals surface area contributed by atoms with E-state index in [0.29, 0.717) is 6.54 Å². The van der Waals surface area contributed by atoms with Crippen LogP contribution in [0, 0.1) is 12.8 Å². The minimum absolute atomic E-state index is 0.0595. The molecule has 1 heterocycles. The fraction of sp³-hybridized carbons (Fsp3) is 0.692. The highest BCUT2D eigenvalue weighted by atomic mass is 32.1. The molecule has 1 aromatic rings. The fourth-order valence-electron chi connectivity index (χ4n) is 1.79. The second kappa shape index (κ2) is 6.18. The Morgan fingerprint density at radius 2 is 2.33 bits per heavy atom. The predicted octanol–water partition coefficient (Wildman–Crippen LogP) is 2.65. The number of aryl methyl sites for hydroxylation is 1. The van der Waals surface area contributed by atoms with Crippen LogP contribution in [-0.4, -0.2) is 24.1 Å². The summed E-state index contributed by atoms with van der Waals surface area (Å²) in [5.74, 6) is 1.14. The third-order valence-electron chi connectivity index (χ3n) is 3.16. The average Bonchev–Trinajstić information content (AvgIpc) is 3.06. The average molecular weight is 267 g/mol. The summed E-state index contributed by atoms with van der Waals surface area (Å²) in [4.78, 5) is 17.1. The number of hydrogen-bond donors (Lipinski definition) is 2. The van der Waals surface area contributed by atoms with Crippen molar-refractivity contribution in [2.75, 3.05) is 13.1 Å². The van der Waals surface area contributed by atoms with Crippen LogP contribution in [0.2, 0.25) is 0 Å². The molecule has 0 aromatic carbocycles. The first-order valence-electron chi connectivity index (χ1n) is 6.59. The van der Waals surface area contributed by atoms with Crippen molar-refractivity contribution in [2.24, 2.45) is 5.92 Å². The molecule has 0 unspecified atom stereocenters. The molecule has 2 rings (SSSR count). The lowest BCUT2D eigenvalue weighted by molar-refractivity contribution is 0.240. The van der Waals surface area contributed by atoms with Gasteiger partial charge in [0.05, 0.1) is 5.01 Å². The van der Waals surface area contributed by atoms with Crippen LogP contribution in [0.1, 0.15) is 42.0 Å². The van der Waals surface area contributed by atoms with Gasteiger partial charge in [-0.05, 0) is 19.3 Å². The molecule has 100 valence electrons. The second-order valence-corrected chi connectivity index (χ2v) is 6.35. The Balaban J connectivity index is 1.62. The predicted molar refractivity (Wildman–Crippen MR) is 74.0 cm³/mol. The van der Waals surface area contributed by atoms with Gasteiger partial charge in [0, 0.05) is 30.1 Å². The summed E-state index contributed by atoms with van der Waals surface area (Å²) < 4.78 is 0. The van der Waals surface area contributed by atoms with Crippen molar-refractivity contribution < 1.29 is 4.79 Å². The Morgan fingerprint density at radius 3 is 2.94 bits per heavy atom. The van der Waals surface area contributed by atoms with Gasteiger partial charge in [-0.3, -0.25) is 0 Å². The molecule has 1 aliphatic carbocycles. The van der Waals surface area contributed by atoms with Gasteiger partial charge in [-0.2, -0.15) is 0 Å². The molecule has 0 saturated heterocycles. The van der Waals surface area contributed by atoms with Crippen LogP contribution in [0.5, 0.6) is 0 Å². The molecule has 1 saturated carbocycles. The van der Waals surface area contributed by atoms with Crippen LogP contribution in [0.4, 0.5) is 4.79 Å². The number of rotatable bonds is 6. The number of carbonyl (C=O) groups is 1. The summed E-state index contributed by atoms with van der Waals surface area (Å²) in [6.07, 6.45) is 5.67. The number of thiazole rings is 1. The quantitative estimate of drug-likeness (QED) is 0.832. The third-order valence-corrected chi connectivity index (χ3v) is 4.31. The van der Waals surface area contributed by atoms with Gasteiger partial charge < -0.3 is 10.6 Å². The number of hydrogen-bond acceptors (Lipinski definition) is 3. The van der Waals surface area contributed by atoms with E-state index in [1.807, 2.05) is 13.1 Å². The molecule has 1 aromatic heterocycles. The zero-order chi connectivity index (χ0) is 13.0. The van der Waals surface area contributed by atoms with Crippen LogP contribution in [0.15, 0.2) is 6.20 Å². The van der Waals surface area contributed by atoms with E-state index in [-0.39, 0.29) is 11.9 Å². The van der Waals surface area contributed by atoms with E-state index in [1.165, 1.54) is 17.7 Å². The van der Waals surface area contributed by atoms with E-state index in [0.717, 1.165) is 23.9 Å². The smallest absolute Gasteiger partial charge is 0.314 e. The Hall–Kier alpha value is -1.10. The van der Waals surface area contributed by atoms with Crippen molar-refractivity contribution in [1.82, 2.24) is 15.6 Å². The van der Waals surface area contributed by atoms with Crippen molar-refractivity contribution >= 4 is 17.4 Å². The molecular formula is C13H21N3OS. The van der Waals surface area contributed by atoms with E-state index in [4.69, 9.17) is 0 Å². The Labute approximate surface area is 112 Å². The Bertz CT molecular complexity index is 401. The molecule has 0 bridgehead atoms. The topological polar surface area (TPSA) is 54.0 Å². The number of nitrogens with zero attached hydrogens (tertiary/aromatic N) is 1. The molecule has 4 nitrogen and oxygen atoms in total. The highest BCUT2D eigenvalue weighted by Gasteiger charge is 2.20. The van der Waals surface area contributed by atoms with Crippen molar-refractivity contribution in [3.8, 4) is 0 Å². The summed E-state index contributed by atoms with van der Waals surface area (Å²) in [6.45, 7) is 5.57. The van der Waals surface area contributed by atoms with Gasteiger partial charge in [0.25, 0.3) is 0 Å². The maximum absolute atomic E-state index is 11.5. The fourth-order valence-corrected chi connectivity index (χ4v) is 2.62. The monoisotopic (exact) mass is 267 g/mol. The highest BCUT2D eigenvalue weighted by molar-refractivity contribution is 7.11. The lowest BCUT2D eigenvalue weighted by atomic mass is 10.2. The van der Waals surface area contributed by atoms with E-state index in [9.17, 15) is 4.79 Å². The molecular weight excluding hydrogens is 246 g/mol. The summed E-state index contributed by atoms with van der Waals surface area (Å²) in [5.41, 5.74) is 0. The van der Waals surface area contributed by atoms with Gasteiger partial charge in [0.15, 0.2) is 0 Å². The van der Waals surface area contributed by atoms with E-state index in [2.05, 4.69) is 22.5 Å². The van der Waals surface area contributed by atoms with Gasteiger partial charge in [0.1, 0.15) is 0 Å². The SMILES string of the molecule is Cc1cnc([C@H](C)CNC(=O)NCCC2CC2)s1. The molecule has 0 radical (unpaired) electrons. The van der Waals surface area contributed by atoms with Crippen molar-refractivity contribution in [2.45, 2.75) is 39.0 Å². The van der Waals surface area contributed by atoms with E-state index in [1.54, 1.807) is 11.3 Å². The Kier molecular flexibility index (Phi) is 4.58. The van der Waals surface area contributed by atoms with Gasteiger partial charge in [-0.15, -0.1) is 11.3 Å². The van der Waals surface area contributed by atoms with E-state index >= 15 is 0 Å². The van der Waals surface area contributed by atoms with Crippen LogP contribution in [0.25, 0.3) is 0 Å². The van der Waals surface area contributed by atoms with Gasteiger partial charge in [-0.1, -0.05) is 19.8 Å². The molecule has 0 aliphatic heterocycles. The molecule has 1 aliphatic rings. The van der Waals surface area contributed by atoms with Crippen molar-refractivity contribution in [3.05, 3.63) is 16.1 Å². The maximum atomic E-state index is 11.5. The molecule has 1 atom stereocenters. The van der Waals surface area contributed by atoms with Crippen LogP contribution < -0.4 is 10.6 Å². The molecule has 1 fully saturated rings. The molecule has 5 heteroatoms. The van der Waals surface area contributed by atoms with Crippen molar-refractivity contribution in [3.63, 3.8) is 0 Å². The Morgan fingerprint density at radius 1 is 1.56 bits per heavy atom. The molecule has 2 N–H and O–H groups in total. The summed E-state index contributed by atoms with van der Waals surface area (Å²) >= 11 is 1.69. The van der Waals surface area contributed by atoms with E-state index < -0.39 is 0 Å². The summed E-state index contributed by atoms with van der Waals surface area (Å²) in [6, 6.07) is -0.0595. The highest BCUT2D eigenvalue weighted by Crippen LogP contribution is 2.31. The first-order chi connectivity index (χ1) is 8.65. The lowest BCUT2D eigenvalue weighted by Crippen LogP contribution is -2.37. The largest absolute Gasteiger partial charge is 0.338 e. The minimum atomic E-state index is -0.0595. The third kappa shape index (κ3) is 4.29. The molecule has 18 heavy (non-hydrogen) atoms. The normalized spacial score (nSPS) is 16.3. The van der Waals surface area contributed by atoms with Crippen LogP contribution in [-0.2, 0) is 0 Å². The standard InChI is InChI=1S/C13H21N3OS/c1-9(12-15-8-10(2)18-12)7-16-13(17)14-6-5-11-3-4-11/h8-9,11H,3-7H2,1-2H3,(H2,14,16,17)/t9-/m1/s1. The van der Waals surface area contributed by atoms with Gasteiger partial charge in [-0.25, -0.2) is 9.78 Å². The molecule has 2 amide bonds. The number of amides is 2. The first kappa shape index (κ1) is 13.3.